The Kier molecular flexibility index (Phi) is 9.27. The molecule has 12 nitrogen and oxygen atoms in total. The second-order valence-electron chi connectivity index (χ2n) is 9.44. The fraction of sp³-hybridized carbons (Fsp3) is 0.100. The van der Waals surface area contributed by atoms with Crippen LogP contribution in [-0.2, 0) is 30.4 Å². The molecule has 0 fully saturated rings. The molecule has 0 atom stereocenters. The van der Waals surface area contributed by atoms with E-state index in [1.165, 1.54) is 57.2 Å². The number of Topliss-reactive ketones (excluding diaryl/α,β-unsaturated/α-hetero) is 3. The van der Waals surface area contributed by atoms with Crippen molar-refractivity contribution in [1.82, 2.24) is 0 Å². The highest BCUT2D eigenvalue weighted by atomic mass is 32.2. The van der Waals surface area contributed by atoms with Crippen molar-refractivity contribution in [1.29, 1.82) is 0 Å². The van der Waals surface area contributed by atoms with Gasteiger partial charge in [-0.2, -0.15) is 25.3 Å². The van der Waals surface area contributed by atoms with Gasteiger partial charge in [0, 0.05) is 16.7 Å². The molecule has 45 heavy (non-hydrogen) atoms. The quantitative estimate of drug-likeness (QED) is 0.151. The van der Waals surface area contributed by atoms with Gasteiger partial charge in [-0.3, -0.25) is 14.4 Å². The van der Waals surface area contributed by atoms with Crippen molar-refractivity contribution in [2.45, 2.75) is 35.5 Å². The number of para-hydroxylation sites is 1. The van der Waals surface area contributed by atoms with Crippen molar-refractivity contribution >= 4 is 47.7 Å². The highest BCUT2D eigenvalue weighted by Gasteiger charge is 2.29. The largest absolute Gasteiger partial charge is 0.375 e. The molecule has 0 amide bonds. The van der Waals surface area contributed by atoms with Crippen molar-refractivity contribution in [3.8, 4) is 17.2 Å². The Morgan fingerprint density at radius 1 is 0.422 bits per heavy atom. The SMILES string of the molecule is CC(=O)c1ccc(S(=O)(=O)Oc2cccc(OS(=O)(=O)c3ccc(C(C)=O)cc3)c2OS(=O)(=O)c2ccc(C(C)=O)cc2)cc1. The van der Waals surface area contributed by atoms with Crippen LogP contribution in [0.3, 0.4) is 0 Å². The van der Waals surface area contributed by atoms with Gasteiger partial charge < -0.3 is 12.5 Å². The summed E-state index contributed by atoms with van der Waals surface area (Å²) >= 11 is 0. The van der Waals surface area contributed by atoms with Crippen molar-refractivity contribution in [2.75, 3.05) is 0 Å². The maximum Gasteiger partial charge on any atom is 0.339 e. The number of carbonyl (C=O) groups excluding carboxylic acids is 3. The number of hydrogen-bond acceptors (Lipinski definition) is 12. The van der Waals surface area contributed by atoms with E-state index >= 15 is 0 Å². The molecule has 0 unspecified atom stereocenters. The van der Waals surface area contributed by atoms with Crippen molar-refractivity contribution in [3.05, 3.63) is 108 Å². The molecule has 4 rings (SSSR count). The third-order valence-corrected chi connectivity index (χ3v) is 9.92. The Bertz CT molecular complexity index is 2010. The fourth-order valence-corrected chi connectivity index (χ4v) is 6.58. The van der Waals surface area contributed by atoms with E-state index in [0.29, 0.717) is 0 Å². The molecule has 0 saturated heterocycles. The molecule has 4 aromatic carbocycles. The van der Waals surface area contributed by atoms with Gasteiger partial charge in [-0.25, -0.2) is 0 Å². The van der Waals surface area contributed by atoms with E-state index in [1.54, 1.807) is 0 Å². The molecule has 0 bridgehead atoms. The van der Waals surface area contributed by atoms with Gasteiger partial charge in [0.1, 0.15) is 14.7 Å². The summed E-state index contributed by atoms with van der Waals surface area (Å²) in [5, 5.41) is 0. The van der Waals surface area contributed by atoms with Gasteiger partial charge in [0.2, 0.25) is 5.75 Å². The molecular weight excluding hydrogens is 649 g/mol. The van der Waals surface area contributed by atoms with Gasteiger partial charge >= 0.3 is 30.4 Å². The van der Waals surface area contributed by atoms with Crippen LogP contribution in [-0.4, -0.2) is 42.6 Å². The minimum atomic E-state index is -4.81. The van der Waals surface area contributed by atoms with Crippen LogP contribution >= 0.6 is 0 Å². The fourth-order valence-electron chi connectivity index (χ4n) is 3.77. The number of hydrogen-bond donors (Lipinski definition) is 0. The highest BCUT2D eigenvalue weighted by molar-refractivity contribution is 7.87. The maximum atomic E-state index is 13.3. The Balaban J connectivity index is 1.80. The van der Waals surface area contributed by atoms with Crippen LogP contribution in [0.15, 0.2) is 106 Å². The van der Waals surface area contributed by atoms with E-state index in [2.05, 4.69) is 0 Å². The van der Waals surface area contributed by atoms with Crippen LogP contribution in [0.2, 0.25) is 0 Å². The van der Waals surface area contributed by atoms with Crippen molar-refractivity contribution in [2.24, 2.45) is 0 Å². The van der Waals surface area contributed by atoms with E-state index in [1.807, 2.05) is 0 Å². The predicted molar refractivity (Wildman–Crippen MR) is 159 cm³/mol. The molecule has 0 N–H and O–H groups in total. The van der Waals surface area contributed by atoms with E-state index in [0.717, 1.165) is 54.6 Å². The number of rotatable bonds is 12. The first-order valence-corrected chi connectivity index (χ1v) is 17.0. The third kappa shape index (κ3) is 7.63. The lowest BCUT2D eigenvalue weighted by Crippen LogP contribution is -2.16. The van der Waals surface area contributed by atoms with E-state index < -0.39 is 62.3 Å². The van der Waals surface area contributed by atoms with Crippen LogP contribution in [0.25, 0.3) is 0 Å². The minimum Gasteiger partial charge on any atom is -0.375 e. The molecule has 0 heterocycles. The average molecular weight is 673 g/mol. The lowest BCUT2D eigenvalue weighted by molar-refractivity contribution is 0.100. The summed E-state index contributed by atoms with van der Waals surface area (Å²) < 4.78 is 94.8. The molecule has 0 spiro atoms. The van der Waals surface area contributed by atoms with E-state index in [4.69, 9.17) is 12.5 Å². The first-order chi connectivity index (χ1) is 21.0. The van der Waals surface area contributed by atoms with E-state index in [-0.39, 0.29) is 34.0 Å². The van der Waals surface area contributed by atoms with Gasteiger partial charge in [-0.15, -0.1) is 0 Å². The van der Waals surface area contributed by atoms with Crippen LogP contribution < -0.4 is 12.5 Å². The molecule has 234 valence electrons. The average Bonchev–Trinajstić information content (AvgIpc) is 2.98. The van der Waals surface area contributed by atoms with Crippen molar-refractivity contribution < 1.29 is 52.2 Å². The minimum absolute atomic E-state index is 0.200. The summed E-state index contributed by atoms with van der Waals surface area (Å²) in [4.78, 5) is 33.5. The molecule has 0 saturated carbocycles. The lowest BCUT2D eigenvalue weighted by Gasteiger charge is -2.16. The zero-order valence-corrected chi connectivity index (χ0v) is 26.2. The standard InChI is InChI=1S/C30H24O12S3/c1-19(31)22-7-13-25(14-8-22)43(34,35)40-28-5-4-6-29(41-44(36,37)26-15-9-23(10-16-26)20(2)32)30(28)42-45(38,39)27-17-11-24(12-18-27)21(3)33/h4-18H,1-3H3. The van der Waals surface area contributed by atoms with Gasteiger partial charge in [0.25, 0.3) is 0 Å². The first-order valence-electron chi connectivity index (χ1n) is 12.8. The Labute approximate surface area is 259 Å². The number of benzene rings is 4. The molecule has 0 aliphatic carbocycles. The molecule has 15 heteroatoms. The maximum absolute atomic E-state index is 13.3. The second kappa shape index (κ2) is 12.6. The first kappa shape index (κ1) is 33.0. The zero-order chi connectivity index (χ0) is 33.2. The predicted octanol–water partition coefficient (Wildman–Crippen LogP) is 4.60. The second-order valence-corrected chi connectivity index (χ2v) is 14.1. The molecular formula is C30H24O12S3. The zero-order valence-electron chi connectivity index (χ0n) is 23.8. The molecule has 0 aliphatic rings. The summed E-state index contributed by atoms with van der Waals surface area (Å²) in [5.41, 5.74) is 0.638. The summed E-state index contributed by atoms with van der Waals surface area (Å²) in [6.07, 6.45) is 0. The molecule has 0 aromatic heterocycles. The number of ketones is 3. The molecule has 4 aromatic rings. The van der Waals surface area contributed by atoms with E-state index in [9.17, 15) is 39.6 Å². The molecule has 0 radical (unpaired) electrons. The van der Waals surface area contributed by atoms with Crippen LogP contribution in [0.4, 0.5) is 0 Å². The Morgan fingerprint density at radius 2 is 0.689 bits per heavy atom. The van der Waals surface area contributed by atoms with Crippen LogP contribution in [0, 0.1) is 0 Å². The van der Waals surface area contributed by atoms with Gasteiger partial charge in [0.05, 0.1) is 0 Å². The monoisotopic (exact) mass is 672 g/mol. The molecule has 0 aliphatic heterocycles. The third-order valence-electron chi connectivity index (χ3n) is 6.18. The summed E-state index contributed by atoms with van der Waals surface area (Å²) in [5.74, 6) is -3.42. The Morgan fingerprint density at radius 3 is 0.956 bits per heavy atom. The number of carbonyl (C=O) groups is 3. The highest BCUT2D eigenvalue weighted by Crippen LogP contribution is 2.41. The Hall–Kier alpha value is -4.86. The summed E-state index contributed by atoms with van der Waals surface area (Å²) in [6.45, 7) is 3.85. The van der Waals surface area contributed by atoms with Gasteiger partial charge in [-0.05, 0) is 69.3 Å². The van der Waals surface area contributed by atoms with Crippen LogP contribution in [0.1, 0.15) is 51.8 Å². The summed E-state index contributed by atoms with van der Waals surface area (Å²) in [7, 11) is -14.2. The van der Waals surface area contributed by atoms with Crippen LogP contribution in [0.5, 0.6) is 17.2 Å². The van der Waals surface area contributed by atoms with Crippen molar-refractivity contribution in [3.63, 3.8) is 0 Å². The lowest BCUT2D eigenvalue weighted by atomic mass is 10.2. The smallest absolute Gasteiger partial charge is 0.339 e. The normalized spacial score (nSPS) is 11.8. The topological polar surface area (TPSA) is 181 Å². The van der Waals surface area contributed by atoms with Gasteiger partial charge in [-0.1, -0.05) is 42.5 Å². The summed E-state index contributed by atoms with van der Waals surface area (Å²) in [6, 6.07) is 17.1. The van der Waals surface area contributed by atoms with Gasteiger partial charge in [0.15, 0.2) is 28.8 Å².